The molecule has 6 heteroatoms. The number of hydrogen-bond donors (Lipinski definition) is 0. The van der Waals surface area contributed by atoms with E-state index in [4.69, 9.17) is 9.47 Å². The lowest BCUT2D eigenvalue weighted by Gasteiger charge is -2.31. The SMILES string of the molecule is CCOC(=O)C1CCN(C(=O)OC(C)(C)C)C2=C(C)CC(C)C=C2C1=O. The molecule has 1 heterocycles. The standard InChI is InChI=1S/C20H29NO5/c1-7-25-18(23)14-8-9-21(19(24)26-20(4,5)6)16-13(3)10-12(2)11-15(16)17(14)22/h11-12,14H,7-10H2,1-6H3. The van der Waals surface area contributed by atoms with Gasteiger partial charge in [0.1, 0.15) is 11.5 Å². The predicted octanol–water partition coefficient (Wildman–Crippen LogP) is 3.62. The maximum absolute atomic E-state index is 13.1. The van der Waals surface area contributed by atoms with Crippen molar-refractivity contribution in [2.24, 2.45) is 11.8 Å². The van der Waals surface area contributed by atoms with Gasteiger partial charge in [0.05, 0.1) is 12.3 Å². The Morgan fingerprint density at radius 3 is 2.54 bits per heavy atom. The Kier molecular flexibility index (Phi) is 5.94. The van der Waals surface area contributed by atoms with Gasteiger partial charge in [-0.1, -0.05) is 13.0 Å². The van der Waals surface area contributed by atoms with Crippen molar-refractivity contribution in [2.45, 2.75) is 60.0 Å². The van der Waals surface area contributed by atoms with Crippen LogP contribution in [0.2, 0.25) is 0 Å². The number of ketones is 1. The van der Waals surface area contributed by atoms with Crippen LogP contribution in [0.3, 0.4) is 0 Å². The van der Waals surface area contributed by atoms with Crippen LogP contribution in [0.1, 0.15) is 54.4 Å². The van der Waals surface area contributed by atoms with Gasteiger partial charge in [-0.15, -0.1) is 0 Å². The Hall–Kier alpha value is -2.11. The Bertz CT molecular complexity index is 668. The highest BCUT2D eigenvalue weighted by atomic mass is 16.6. The van der Waals surface area contributed by atoms with Gasteiger partial charge in [0, 0.05) is 12.1 Å². The number of nitrogens with zero attached hydrogens (tertiary/aromatic N) is 1. The van der Waals surface area contributed by atoms with E-state index < -0.39 is 23.6 Å². The van der Waals surface area contributed by atoms with Gasteiger partial charge in [-0.3, -0.25) is 14.5 Å². The van der Waals surface area contributed by atoms with Gasteiger partial charge in [-0.05, 0) is 59.0 Å². The second kappa shape index (κ2) is 7.64. The van der Waals surface area contributed by atoms with Crippen molar-refractivity contribution < 1.29 is 23.9 Å². The van der Waals surface area contributed by atoms with Gasteiger partial charge >= 0.3 is 12.1 Å². The monoisotopic (exact) mass is 363 g/mol. The molecule has 1 amide bonds. The fraction of sp³-hybridized carbons (Fsp3) is 0.650. The molecule has 0 aromatic heterocycles. The molecule has 1 saturated heterocycles. The fourth-order valence-corrected chi connectivity index (χ4v) is 3.46. The van der Waals surface area contributed by atoms with Crippen LogP contribution < -0.4 is 0 Å². The quantitative estimate of drug-likeness (QED) is 0.553. The highest BCUT2D eigenvalue weighted by molar-refractivity contribution is 6.11. The molecule has 1 aliphatic carbocycles. The first-order chi connectivity index (χ1) is 12.0. The largest absolute Gasteiger partial charge is 0.465 e. The Labute approximate surface area is 155 Å². The highest BCUT2D eigenvalue weighted by Crippen LogP contribution is 2.37. The van der Waals surface area contributed by atoms with Crippen molar-refractivity contribution in [3.8, 4) is 0 Å². The van der Waals surface area contributed by atoms with Crippen molar-refractivity contribution in [3.63, 3.8) is 0 Å². The Morgan fingerprint density at radius 2 is 1.96 bits per heavy atom. The summed E-state index contributed by atoms with van der Waals surface area (Å²) in [7, 11) is 0. The average Bonchev–Trinajstić information content (AvgIpc) is 2.63. The molecule has 0 bridgehead atoms. The third kappa shape index (κ3) is 4.34. The van der Waals surface area contributed by atoms with Crippen LogP contribution in [-0.4, -0.2) is 41.5 Å². The minimum absolute atomic E-state index is 0.166. The van der Waals surface area contributed by atoms with Crippen molar-refractivity contribution in [2.75, 3.05) is 13.2 Å². The van der Waals surface area contributed by atoms with Crippen LogP contribution in [0.15, 0.2) is 22.9 Å². The lowest BCUT2D eigenvalue weighted by atomic mass is 9.85. The number of carbonyl (C=O) groups excluding carboxylic acids is 3. The molecule has 0 radical (unpaired) electrons. The number of amides is 1. The van der Waals surface area contributed by atoms with Gasteiger partial charge in [0.15, 0.2) is 5.78 Å². The van der Waals surface area contributed by atoms with Crippen molar-refractivity contribution in [1.82, 2.24) is 4.90 Å². The molecular formula is C20H29NO5. The number of ether oxygens (including phenoxy) is 2. The van der Waals surface area contributed by atoms with Crippen LogP contribution in [0.25, 0.3) is 0 Å². The maximum Gasteiger partial charge on any atom is 0.414 e. The van der Waals surface area contributed by atoms with Gasteiger partial charge < -0.3 is 9.47 Å². The van der Waals surface area contributed by atoms with Crippen molar-refractivity contribution >= 4 is 17.8 Å². The second-order valence-electron chi connectivity index (χ2n) is 7.98. The minimum atomic E-state index is -0.887. The molecular weight excluding hydrogens is 334 g/mol. The molecule has 0 saturated carbocycles. The summed E-state index contributed by atoms with van der Waals surface area (Å²) in [4.78, 5) is 39.6. The summed E-state index contributed by atoms with van der Waals surface area (Å²) >= 11 is 0. The van der Waals surface area contributed by atoms with Crippen LogP contribution in [-0.2, 0) is 19.1 Å². The number of fused-ring (bicyclic) bond motifs is 1. The number of Topliss-reactive ketones (excluding diaryl/α,β-unsaturated/α-hetero) is 1. The summed E-state index contributed by atoms with van der Waals surface area (Å²) in [5, 5.41) is 0. The first kappa shape index (κ1) is 20.2. The molecule has 0 aromatic rings. The van der Waals surface area contributed by atoms with Gasteiger partial charge in [-0.2, -0.15) is 0 Å². The number of allylic oxidation sites excluding steroid dienone is 3. The van der Waals surface area contributed by atoms with E-state index in [0.29, 0.717) is 11.3 Å². The van der Waals surface area contributed by atoms with E-state index in [1.807, 2.05) is 19.9 Å². The highest BCUT2D eigenvalue weighted by Gasteiger charge is 2.41. The number of likely N-dealkylation sites (tertiary alicyclic amines) is 1. The number of rotatable bonds is 2. The fourth-order valence-electron chi connectivity index (χ4n) is 3.46. The molecule has 2 rings (SSSR count). The summed E-state index contributed by atoms with van der Waals surface area (Å²) in [5.74, 6) is -1.52. The molecule has 2 aliphatic rings. The molecule has 2 unspecified atom stereocenters. The topological polar surface area (TPSA) is 72.9 Å². The predicted molar refractivity (Wildman–Crippen MR) is 97.3 cm³/mol. The van der Waals surface area contributed by atoms with Crippen LogP contribution in [0.4, 0.5) is 4.79 Å². The zero-order chi connectivity index (χ0) is 19.6. The maximum atomic E-state index is 13.1. The second-order valence-corrected chi connectivity index (χ2v) is 7.98. The van der Waals surface area contributed by atoms with Gasteiger partial charge in [0.2, 0.25) is 0 Å². The van der Waals surface area contributed by atoms with E-state index >= 15 is 0 Å². The van der Waals surface area contributed by atoms with Gasteiger partial charge in [0.25, 0.3) is 0 Å². The van der Waals surface area contributed by atoms with Crippen LogP contribution >= 0.6 is 0 Å². The summed E-state index contributed by atoms with van der Waals surface area (Å²) < 4.78 is 10.6. The number of hydrogen-bond acceptors (Lipinski definition) is 5. The number of esters is 1. The molecule has 26 heavy (non-hydrogen) atoms. The molecule has 144 valence electrons. The van der Waals surface area contributed by atoms with E-state index in [9.17, 15) is 14.4 Å². The zero-order valence-corrected chi connectivity index (χ0v) is 16.5. The summed E-state index contributed by atoms with van der Waals surface area (Å²) in [6.07, 6.45) is 2.35. The third-order valence-electron chi connectivity index (χ3n) is 4.42. The molecule has 1 aliphatic heterocycles. The van der Waals surface area contributed by atoms with E-state index in [1.165, 1.54) is 4.90 Å². The van der Waals surface area contributed by atoms with E-state index in [0.717, 1.165) is 12.0 Å². The molecule has 0 aromatic carbocycles. The van der Waals surface area contributed by atoms with Crippen LogP contribution in [0, 0.1) is 11.8 Å². The van der Waals surface area contributed by atoms with Crippen molar-refractivity contribution in [3.05, 3.63) is 22.9 Å². The van der Waals surface area contributed by atoms with E-state index in [2.05, 4.69) is 0 Å². The van der Waals surface area contributed by atoms with E-state index in [-0.39, 0.29) is 31.3 Å². The molecule has 2 atom stereocenters. The first-order valence-electron chi connectivity index (χ1n) is 9.18. The molecule has 6 nitrogen and oxygen atoms in total. The minimum Gasteiger partial charge on any atom is -0.465 e. The van der Waals surface area contributed by atoms with Gasteiger partial charge in [-0.25, -0.2) is 4.79 Å². The van der Waals surface area contributed by atoms with E-state index in [1.54, 1.807) is 27.7 Å². The summed E-state index contributed by atoms with van der Waals surface area (Å²) in [5.41, 5.74) is 1.34. The Balaban J connectivity index is 2.45. The summed E-state index contributed by atoms with van der Waals surface area (Å²) in [6.45, 7) is 11.5. The number of carbonyl (C=O) groups is 3. The zero-order valence-electron chi connectivity index (χ0n) is 16.5. The molecule has 1 fully saturated rings. The van der Waals surface area contributed by atoms with Crippen LogP contribution in [0.5, 0.6) is 0 Å². The molecule has 0 N–H and O–H groups in total. The van der Waals surface area contributed by atoms with Crippen molar-refractivity contribution in [1.29, 1.82) is 0 Å². The third-order valence-corrected chi connectivity index (χ3v) is 4.42. The smallest absolute Gasteiger partial charge is 0.414 e. The summed E-state index contributed by atoms with van der Waals surface area (Å²) in [6, 6.07) is 0. The Morgan fingerprint density at radius 1 is 1.31 bits per heavy atom. The lowest BCUT2D eigenvalue weighted by Crippen LogP contribution is -2.38. The normalized spacial score (nSPS) is 23.8. The first-order valence-corrected chi connectivity index (χ1v) is 9.18. The molecule has 0 spiro atoms. The lowest BCUT2D eigenvalue weighted by molar-refractivity contribution is -0.150. The average molecular weight is 363 g/mol.